The Hall–Kier alpha value is -1.87. The standard InChI is InChI=1S/C23H34N6.HI/c1-3-24-23(26-13-10-20-8-6-5-7-9-20)27-19-21-11-12-25-22(18-21)29-16-14-28(4-2)15-17-29;/h5-9,11-12,18H,3-4,10,13-17,19H2,1-2H3,(H2,24,26,27);1H. The lowest BCUT2D eigenvalue weighted by Gasteiger charge is -2.34. The van der Waals surface area contributed by atoms with Crippen LogP contribution in [0.5, 0.6) is 0 Å². The fourth-order valence-electron chi connectivity index (χ4n) is 3.51. The van der Waals surface area contributed by atoms with Crippen LogP contribution in [0.25, 0.3) is 0 Å². The number of nitrogens with one attached hydrogen (secondary N) is 2. The zero-order valence-electron chi connectivity index (χ0n) is 18.2. The fourth-order valence-corrected chi connectivity index (χ4v) is 3.51. The molecule has 2 N–H and O–H groups in total. The molecule has 1 aromatic heterocycles. The van der Waals surface area contributed by atoms with E-state index in [9.17, 15) is 0 Å². The number of anilines is 1. The molecule has 7 heteroatoms. The number of nitrogens with zero attached hydrogens (tertiary/aromatic N) is 4. The summed E-state index contributed by atoms with van der Waals surface area (Å²) in [6.07, 6.45) is 2.89. The van der Waals surface area contributed by atoms with E-state index in [2.05, 4.69) is 81.7 Å². The number of aliphatic imine (C=N–C) groups is 1. The summed E-state index contributed by atoms with van der Waals surface area (Å²) in [5.41, 5.74) is 2.52. The summed E-state index contributed by atoms with van der Waals surface area (Å²) in [6, 6.07) is 14.8. The minimum Gasteiger partial charge on any atom is -0.357 e. The molecule has 0 radical (unpaired) electrons. The lowest BCUT2D eigenvalue weighted by atomic mass is 10.1. The summed E-state index contributed by atoms with van der Waals surface area (Å²) in [5, 5.41) is 6.77. The molecule has 6 nitrogen and oxygen atoms in total. The molecule has 1 aliphatic rings. The van der Waals surface area contributed by atoms with E-state index >= 15 is 0 Å². The highest BCUT2D eigenvalue weighted by Gasteiger charge is 2.16. The minimum atomic E-state index is 0. The van der Waals surface area contributed by atoms with Gasteiger partial charge in [0.05, 0.1) is 6.54 Å². The summed E-state index contributed by atoms with van der Waals surface area (Å²) in [5.74, 6) is 1.92. The summed E-state index contributed by atoms with van der Waals surface area (Å²) in [4.78, 5) is 14.2. The summed E-state index contributed by atoms with van der Waals surface area (Å²) >= 11 is 0. The largest absolute Gasteiger partial charge is 0.357 e. The molecule has 0 saturated carbocycles. The molecule has 30 heavy (non-hydrogen) atoms. The summed E-state index contributed by atoms with van der Waals surface area (Å²) in [7, 11) is 0. The van der Waals surface area contributed by atoms with Gasteiger partial charge in [-0.25, -0.2) is 9.98 Å². The van der Waals surface area contributed by atoms with Gasteiger partial charge in [0, 0.05) is 45.5 Å². The maximum atomic E-state index is 4.77. The zero-order valence-corrected chi connectivity index (χ0v) is 20.5. The first-order valence-electron chi connectivity index (χ1n) is 10.8. The first-order chi connectivity index (χ1) is 14.3. The van der Waals surface area contributed by atoms with Crippen LogP contribution in [0.15, 0.2) is 53.7 Å². The molecule has 1 aliphatic heterocycles. The topological polar surface area (TPSA) is 55.8 Å². The number of guanidine groups is 1. The number of aromatic nitrogens is 1. The molecule has 0 amide bonds. The average Bonchev–Trinajstić information content (AvgIpc) is 2.78. The van der Waals surface area contributed by atoms with E-state index in [0.29, 0.717) is 6.54 Å². The van der Waals surface area contributed by atoms with Crippen molar-refractivity contribution in [3.8, 4) is 0 Å². The third-order valence-electron chi connectivity index (χ3n) is 5.27. The molecule has 1 saturated heterocycles. The van der Waals surface area contributed by atoms with Gasteiger partial charge in [0.25, 0.3) is 0 Å². The normalized spacial score (nSPS) is 14.9. The van der Waals surface area contributed by atoms with Crippen LogP contribution in [0.3, 0.4) is 0 Å². The number of hydrogen-bond acceptors (Lipinski definition) is 4. The molecule has 0 aliphatic carbocycles. The van der Waals surface area contributed by atoms with Crippen molar-refractivity contribution in [1.82, 2.24) is 20.5 Å². The van der Waals surface area contributed by atoms with Crippen LogP contribution in [0, 0.1) is 0 Å². The summed E-state index contributed by atoms with van der Waals surface area (Å²) < 4.78 is 0. The van der Waals surface area contributed by atoms with Gasteiger partial charge in [0.1, 0.15) is 5.82 Å². The fraction of sp³-hybridized carbons (Fsp3) is 0.478. The second kappa shape index (κ2) is 13.4. The molecule has 2 heterocycles. The average molecular weight is 522 g/mol. The van der Waals surface area contributed by atoms with Gasteiger partial charge in [0.2, 0.25) is 0 Å². The van der Waals surface area contributed by atoms with Crippen LogP contribution in [0.1, 0.15) is 25.0 Å². The molecule has 164 valence electrons. The Kier molecular flexibility index (Phi) is 10.9. The van der Waals surface area contributed by atoms with Crippen molar-refractivity contribution in [2.45, 2.75) is 26.8 Å². The quantitative estimate of drug-likeness (QED) is 0.317. The van der Waals surface area contributed by atoms with Gasteiger partial charge in [-0.3, -0.25) is 0 Å². The Labute approximate surface area is 198 Å². The van der Waals surface area contributed by atoms with Crippen molar-refractivity contribution in [3.05, 3.63) is 59.8 Å². The van der Waals surface area contributed by atoms with Crippen LogP contribution >= 0.6 is 24.0 Å². The highest BCUT2D eigenvalue weighted by Crippen LogP contribution is 2.15. The smallest absolute Gasteiger partial charge is 0.191 e. The highest BCUT2D eigenvalue weighted by molar-refractivity contribution is 14.0. The molecule has 0 spiro atoms. The number of pyridine rings is 1. The van der Waals surface area contributed by atoms with E-state index in [1.807, 2.05) is 6.20 Å². The number of benzene rings is 1. The first kappa shape index (κ1) is 24.4. The van der Waals surface area contributed by atoms with Crippen molar-refractivity contribution in [1.29, 1.82) is 0 Å². The highest BCUT2D eigenvalue weighted by atomic mass is 127. The third kappa shape index (κ3) is 7.75. The summed E-state index contributed by atoms with van der Waals surface area (Å²) in [6.45, 7) is 12.1. The van der Waals surface area contributed by atoms with Crippen LogP contribution < -0.4 is 15.5 Å². The van der Waals surface area contributed by atoms with E-state index in [1.54, 1.807) is 0 Å². The lowest BCUT2D eigenvalue weighted by Crippen LogP contribution is -2.46. The van der Waals surface area contributed by atoms with Gasteiger partial charge in [-0.05, 0) is 43.1 Å². The Bertz CT molecular complexity index is 759. The first-order valence-corrected chi connectivity index (χ1v) is 10.8. The van der Waals surface area contributed by atoms with Gasteiger partial charge in [0.15, 0.2) is 5.96 Å². The predicted octanol–water partition coefficient (Wildman–Crippen LogP) is 3.14. The number of hydrogen-bond donors (Lipinski definition) is 2. The maximum Gasteiger partial charge on any atom is 0.191 e. The lowest BCUT2D eigenvalue weighted by molar-refractivity contribution is 0.270. The molecular formula is C23H35IN6. The Morgan fingerprint density at radius 1 is 1.00 bits per heavy atom. The van der Waals surface area contributed by atoms with Gasteiger partial charge < -0.3 is 20.4 Å². The van der Waals surface area contributed by atoms with Crippen molar-refractivity contribution in [2.75, 3.05) is 50.7 Å². The van der Waals surface area contributed by atoms with Crippen LogP contribution in [0.2, 0.25) is 0 Å². The van der Waals surface area contributed by atoms with E-state index in [0.717, 1.165) is 64.0 Å². The molecule has 1 aromatic carbocycles. The molecule has 1 fully saturated rings. The molecule has 0 atom stereocenters. The Morgan fingerprint density at radius 2 is 1.77 bits per heavy atom. The van der Waals surface area contributed by atoms with E-state index < -0.39 is 0 Å². The van der Waals surface area contributed by atoms with E-state index in [-0.39, 0.29) is 24.0 Å². The number of rotatable bonds is 8. The zero-order chi connectivity index (χ0) is 20.3. The second-order valence-corrected chi connectivity index (χ2v) is 7.30. The molecule has 0 bridgehead atoms. The second-order valence-electron chi connectivity index (χ2n) is 7.30. The van der Waals surface area contributed by atoms with Gasteiger partial charge in [-0.2, -0.15) is 0 Å². The van der Waals surface area contributed by atoms with Gasteiger partial charge in [-0.1, -0.05) is 37.3 Å². The van der Waals surface area contributed by atoms with Gasteiger partial charge >= 0.3 is 0 Å². The minimum absolute atomic E-state index is 0. The molecule has 3 rings (SSSR count). The van der Waals surface area contributed by atoms with E-state index in [1.165, 1.54) is 11.1 Å². The van der Waals surface area contributed by atoms with Crippen molar-refractivity contribution in [3.63, 3.8) is 0 Å². The third-order valence-corrected chi connectivity index (χ3v) is 5.27. The maximum absolute atomic E-state index is 4.77. The predicted molar refractivity (Wildman–Crippen MR) is 137 cm³/mol. The molecule has 0 unspecified atom stereocenters. The van der Waals surface area contributed by atoms with E-state index in [4.69, 9.17) is 4.99 Å². The van der Waals surface area contributed by atoms with Crippen LogP contribution in [-0.4, -0.2) is 61.7 Å². The number of likely N-dealkylation sites (N-methyl/N-ethyl adjacent to an activating group) is 1. The van der Waals surface area contributed by atoms with Crippen LogP contribution in [-0.2, 0) is 13.0 Å². The molecular weight excluding hydrogens is 487 g/mol. The number of halogens is 1. The van der Waals surface area contributed by atoms with Crippen molar-refractivity contribution < 1.29 is 0 Å². The van der Waals surface area contributed by atoms with Gasteiger partial charge in [-0.15, -0.1) is 24.0 Å². The Morgan fingerprint density at radius 3 is 2.47 bits per heavy atom. The van der Waals surface area contributed by atoms with Crippen molar-refractivity contribution in [2.24, 2.45) is 4.99 Å². The monoisotopic (exact) mass is 522 g/mol. The number of piperazine rings is 1. The van der Waals surface area contributed by atoms with Crippen molar-refractivity contribution >= 4 is 35.8 Å². The SMILES string of the molecule is CCNC(=NCc1ccnc(N2CCN(CC)CC2)c1)NCCc1ccccc1.I. The van der Waals surface area contributed by atoms with Crippen LogP contribution in [0.4, 0.5) is 5.82 Å². The molecule has 2 aromatic rings. The Balaban J connectivity index is 0.00000320.